The van der Waals surface area contributed by atoms with E-state index in [1.165, 1.54) is 0 Å². The molecule has 2 N–H and O–H groups in total. The lowest BCUT2D eigenvalue weighted by Gasteiger charge is -2.36. The second-order valence-electron chi connectivity index (χ2n) is 5.56. The Morgan fingerprint density at radius 1 is 1.39 bits per heavy atom. The molecule has 0 unspecified atom stereocenters. The number of nitrogens with one attached hydrogen (secondary N) is 1. The van der Waals surface area contributed by atoms with Gasteiger partial charge in [0.1, 0.15) is 0 Å². The van der Waals surface area contributed by atoms with Gasteiger partial charge in [0, 0.05) is 17.5 Å². The zero-order valence-corrected chi connectivity index (χ0v) is 11.9. The largest absolute Gasteiger partial charge is 0.390 e. The van der Waals surface area contributed by atoms with Gasteiger partial charge >= 0.3 is 0 Å². The van der Waals surface area contributed by atoms with Crippen LogP contribution in [0.15, 0.2) is 18.2 Å². The van der Waals surface area contributed by atoms with E-state index in [0.717, 1.165) is 41.8 Å². The highest BCUT2D eigenvalue weighted by Gasteiger charge is 2.33. The van der Waals surface area contributed by atoms with Crippen LogP contribution in [0.3, 0.4) is 0 Å². The molecule has 1 aliphatic rings. The van der Waals surface area contributed by atoms with E-state index in [4.69, 9.17) is 11.6 Å². The predicted octanol–water partition coefficient (Wildman–Crippen LogP) is 3.08. The Labute approximate surface area is 114 Å². The van der Waals surface area contributed by atoms with Gasteiger partial charge in [-0.25, -0.2) is 0 Å². The minimum Gasteiger partial charge on any atom is -0.390 e. The highest BCUT2D eigenvalue weighted by molar-refractivity contribution is 6.31. The second kappa shape index (κ2) is 5.60. The minimum absolute atomic E-state index is 0.554. The molecule has 0 spiro atoms. The van der Waals surface area contributed by atoms with Crippen LogP contribution in [-0.4, -0.2) is 23.8 Å². The summed E-state index contributed by atoms with van der Waals surface area (Å²) in [6.45, 7) is 2.03. The van der Waals surface area contributed by atoms with Crippen LogP contribution in [0.2, 0.25) is 5.02 Å². The standard InChI is InChI=1S/C15H22ClNO/c1-11-3-4-12(14(16)9-11)10-15(18)7-5-13(17-2)6-8-15/h3-4,9,13,17-18H,5-8,10H2,1-2H3. The number of aryl methyl sites for hydroxylation is 1. The second-order valence-corrected chi connectivity index (χ2v) is 5.97. The van der Waals surface area contributed by atoms with Crippen molar-refractivity contribution in [3.8, 4) is 0 Å². The van der Waals surface area contributed by atoms with Gasteiger partial charge in [0.15, 0.2) is 0 Å². The maximum absolute atomic E-state index is 10.6. The van der Waals surface area contributed by atoms with Crippen LogP contribution in [0.4, 0.5) is 0 Å². The van der Waals surface area contributed by atoms with Crippen molar-refractivity contribution < 1.29 is 5.11 Å². The molecule has 0 saturated heterocycles. The van der Waals surface area contributed by atoms with Crippen molar-refractivity contribution in [2.75, 3.05) is 7.05 Å². The van der Waals surface area contributed by atoms with Gasteiger partial charge in [-0.05, 0) is 56.8 Å². The van der Waals surface area contributed by atoms with Crippen molar-refractivity contribution in [2.24, 2.45) is 0 Å². The zero-order valence-electron chi connectivity index (χ0n) is 11.2. The maximum Gasteiger partial charge on any atom is 0.0689 e. The molecule has 18 heavy (non-hydrogen) atoms. The molecule has 1 aliphatic carbocycles. The molecule has 100 valence electrons. The third-order valence-corrected chi connectivity index (χ3v) is 4.40. The van der Waals surface area contributed by atoms with Gasteiger partial charge < -0.3 is 10.4 Å². The molecule has 0 atom stereocenters. The fraction of sp³-hybridized carbons (Fsp3) is 0.600. The lowest BCUT2D eigenvalue weighted by Crippen LogP contribution is -2.41. The first-order chi connectivity index (χ1) is 8.52. The molecule has 0 radical (unpaired) electrons. The topological polar surface area (TPSA) is 32.3 Å². The molecule has 0 amide bonds. The van der Waals surface area contributed by atoms with Crippen LogP contribution in [-0.2, 0) is 6.42 Å². The summed E-state index contributed by atoms with van der Waals surface area (Å²) in [5.74, 6) is 0. The number of rotatable bonds is 3. The Hall–Kier alpha value is -0.570. The molecule has 3 heteroatoms. The third kappa shape index (κ3) is 3.25. The summed E-state index contributed by atoms with van der Waals surface area (Å²) >= 11 is 6.24. The lowest BCUT2D eigenvalue weighted by molar-refractivity contribution is -0.00241. The Morgan fingerprint density at radius 3 is 2.61 bits per heavy atom. The van der Waals surface area contributed by atoms with E-state index >= 15 is 0 Å². The van der Waals surface area contributed by atoms with Crippen molar-refractivity contribution in [3.63, 3.8) is 0 Å². The van der Waals surface area contributed by atoms with Crippen LogP contribution in [0.1, 0.15) is 36.8 Å². The van der Waals surface area contributed by atoms with Crippen molar-refractivity contribution in [2.45, 2.75) is 50.7 Å². The van der Waals surface area contributed by atoms with E-state index in [9.17, 15) is 5.11 Å². The van der Waals surface area contributed by atoms with Crippen LogP contribution in [0, 0.1) is 6.92 Å². The number of benzene rings is 1. The first-order valence-corrected chi connectivity index (χ1v) is 7.05. The summed E-state index contributed by atoms with van der Waals surface area (Å²) in [6.07, 6.45) is 4.45. The lowest BCUT2D eigenvalue weighted by atomic mass is 9.78. The van der Waals surface area contributed by atoms with E-state index in [1.54, 1.807) is 0 Å². The number of aliphatic hydroxyl groups is 1. The Morgan fingerprint density at radius 2 is 2.06 bits per heavy atom. The van der Waals surface area contributed by atoms with Crippen LogP contribution in [0.5, 0.6) is 0 Å². The molecular weight excluding hydrogens is 246 g/mol. The van der Waals surface area contributed by atoms with Crippen molar-refractivity contribution >= 4 is 11.6 Å². The summed E-state index contributed by atoms with van der Waals surface area (Å²) in [7, 11) is 1.99. The molecular formula is C15H22ClNO. The van der Waals surface area contributed by atoms with E-state index in [2.05, 4.69) is 11.4 Å². The average Bonchev–Trinajstić information content (AvgIpc) is 2.34. The van der Waals surface area contributed by atoms with E-state index in [1.807, 2.05) is 26.1 Å². The van der Waals surface area contributed by atoms with Crippen LogP contribution in [0.25, 0.3) is 0 Å². The molecule has 1 saturated carbocycles. The first-order valence-electron chi connectivity index (χ1n) is 6.67. The first kappa shape index (κ1) is 13.9. The fourth-order valence-corrected chi connectivity index (χ4v) is 3.07. The van der Waals surface area contributed by atoms with Gasteiger partial charge in [0.25, 0.3) is 0 Å². The summed E-state index contributed by atoms with van der Waals surface area (Å²) in [6, 6.07) is 6.63. The van der Waals surface area contributed by atoms with E-state index < -0.39 is 5.60 Å². The van der Waals surface area contributed by atoms with Gasteiger partial charge in [-0.1, -0.05) is 23.7 Å². The van der Waals surface area contributed by atoms with Crippen molar-refractivity contribution in [3.05, 3.63) is 34.3 Å². The number of hydrogen-bond donors (Lipinski definition) is 2. The summed E-state index contributed by atoms with van der Waals surface area (Å²) in [5.41, 5.74) is 1.65. The average molecular weight is 268 g/mol. The van der Waals surface area contributed by atoms with Gasteiger partial charge in [0.05, 0.1) is 5.60 Å². The van der Waals surface area contributed by atoms with Gasteiger partial charge in [-0.2, -0.15) is 0 Å². The fourth-order valence-electron chi connectivity index (χ4n) is 2.77. The molecule has 1 aromatic rings. The highest BCUT2D eigenvalue weighted by atomic mass is 35.5. The maximum atomic E-state index is 10.6. The number of hydrogen-bond acceptors (Lipinski definition) is 2. The van der Waals surface area contributed by atoms with Gasteiger partial charge in [-0.15, -0.1) is 0 Å². The Bertz CT molecular complexity index is 411. The molecule has 0 bridgehead atoms. The third-order valence-electron chi connectivity index (χ3n) is 4.05. The van der Waals surface area contributed by atoms with E-state index in [-0.39, 0.29) is 0 Å². The van der Waals surface area contributed by atoms with E-state index in [0.29, 0.717) is 12.5 Å². The summed E-state index contributed by atoms with van der Waals surface area (Å²) in [4.78, 5) is 0. The molecule has 1 aromatic carbocycles. The Kier molecular flexibility index (Phi) is 4.31. The van der Waals surface area contributed by atoms with Crippen LogP contribution < -0.4 is 5.32 Å². The van der Waals surface area contributed by atoms with Crippen molar-refractivity contribution in [1.29, 1.82) is 0 Å². The SMILES string of the molecule is CNC1CCC(O)(Cc2ccc(C)cc2Cl)CC1. The molecule has 2 rings (SSSR count). The van der Waals surface area contributed by atoms with Gasteiger partial charge in [-0.3, -0.25) is 0 Å². The zero-order chi connectivity index (χ0) is 13.2. The normalized spacial score (nSPS) is 28.3. The summed E-state index contributed by atoms with van der Waals surface area (Å²) in [5, 5.41) is 14.7. The summed E-state index contributed by atoms with van der Waals surface area (Å²) < 4.78 is 0. The van der Waals surface area contributed by atoms with Crippen molar-refractivity contribution in [1.82, 2.24) is 5.32 Å². The van der Waals surface area contributed by atoms with Crippen LogP contribution >= 0.6 is 11.6 Å². The highest BCUT2D eigenvalue weighted by Crippen LogP contribution is 2.33. The molecule has 0 aromatic heterocycles. The molecule has 0 aliphatic heterocycles. The van der Waals surface area contributed by atoms with Gasteiger partial charge in [0.2, 0.25) is 0 Å². The molecule has 0 heterocycles. The molecule has 1 fully saturated rings. The minimum atomic E-state index is -0.577. The Balaban J connectivity index is 2.04. The quantitative estimate of drug-likeness (QED) is 0.882. The predicted molar refractivity (Wildman–Crippen MR) is 76.2 cm³/mol. The smallest absolute Gasteiger partial charge is 0.0689 e. The monoisotopic (exact) mass is 267 g/mol. The molecule has 2 nitrogen and oxygen atoms in total. The number of halogens is 1.